The molecule has 1 aliphatic rings. The SMILES string of the molecule is CC1=CC(=O)CC(C)(C)[C@]1(O)/C=C/C(C)=C\C(=O)N[C@@H](CC(C)C)C(=O)O. The molecule has 1 rings (SSSR count). The second-order valence-corrected chi connectivity index (χ2v) is 8.37. The van der Waals surface area contributed by atoms with E-state index in [4.69, 9.17) is 0 Å². The van der Waals surface area contributed by atoms with Crippen LogP contribution in [0.5, 0.6) is 0 Å². The molecule has 0 aliphatic heterocycles. The fourth-order valence-electron chi connectivity index (χ4n) is 3.28. The average Bonchev–Trinajstić information content (AvgIpc) is 2.49. The maximum Gasteiger partial charge on any atom is 0.326 e. The Bertz CT molecular complexity index is 699. The van der Waals surface area contributed by atoms with Crippen LogP contribution in [-0.4, -0.2) is 39.5 Å². The van der Waals surface area contributed by atoms with Crippen molar-refractivity contribution in [1.29, 1.82) is 0 Å². The molecule has 1 amide bonds. The molecule has 0 aromatic rings. The molecule has 6 heteroatoms. The van der Waals surface area contributed by atoms with E-state index >= 15 is 0 Å². The fraction of sp³-hybridized carbons (Fsp3) is 0.571. The number of amides is 1. The first-order valence-electron chi connectivity index (χ1n) is 9.13. The molecule has 3 N–H and O–H groups in total. The van der Waals surface area contributed by atoms with Crippen LogP contribution in [0.4, 0.5) is 0 Å². The lowest BCUT2D eigenvalue weighted by molar-refractivity contribution is -0.141. The summed E-state index contributed by atoms with van der Waals surface area (Å²) in [5.41, 5.74) is -0.850. The van der Waals surface area contributed by atoms with Crippen molar-refractivity contribution in [1.82, 2.24) is 5.32 Å². The van der Waals surface area contributed by atoms with Gasteiger partial charge in [-0.3, -0.25) is 9.59 Å². The molecule has 0 heterocycles. The Morgan fingerprint density at radius 2 is 1.93 bits per heavy atom. The van der Waals surface area contributed by atoms with Crippen LogP contribution in [0, 0.1) is 11.3 Å². The third-order valence-electron chi connectivity index (χ3n) is 4.89. The number of nitrogens with one attached hydrogen (secondary N) is 1. The van der Waals surface area contributed by atoms with Crippen LogP contribution in [0.15, 0.2) is 35.5 Å². The summed E-state index contributed by atoms with van der Waals surface area (Å²) in [6.07, 6.45) is 6.53. The van der Waals surface area contributed by atoms with E-state index in [1.807, 2.05) is 27.7 Å². The molecule has 0 aromatic carbocycles. The Hall–Kier alpha value is -2.21. The van der Waals surface area contributed by atoms with Crippen molar-refractivity contribution in [2.45, 2.75) is 66.0 Å². The van der Waals surface area contributed by atoms with Crippen molar-refractivity contribution < 1.29 is 24.6 Å². The Kier molecular flexibility index (Phi) is 7.32. The van der Waals surface area contributed by atoms with E-state index in [1.54, 1.807) is 26.0 Å². The second kappa shape index (κ2) is 8.65. The molecule has 0 bridgehead atoms. The number of aliphatic carboxylic acids is 1. The number of carbonyl (C=O) groups excluding carboxylic acids is 2. The lowest BCUT2D eigenvalue weighted by Gasteiger charge is -2.44. The molecule has 2 atom stereocenters. The maximum absolute atomic E-state index is 12.1. The first kappa shape index (κ1) is 22.8. The molecule has 0 spiro atoms. The number of rotatable bonds is 7. The van der Waals surface area contributed by atoms with E-state index in [2.05, 4.69) is 5.32 Å². The van der Waals surface area contributed by atoms with Gasteiger partial charge >= 0.3 is 5.97 Å². The Morgan fingerprint density at radius 3 is 2.41 bits per heavy atom. The number of aliphatic hydroxyl groups is 1. The summed E-state index contributed by atoms with van der Waals surface area (Å²) in [5.74, 6) is -1.45. The van der Waals surface area contributed by atoms with Gasteiger partial charge in [0, 0.05) is 17.9 Å². The zero-order chi connectivity index (χ0) is 21.0. The van der Waals surface area contributed by atoms with Gasteiger partial charge in [0.25, 0.3) is 0 Å². The summed E-state index contributed by atoms with van der Waals surface area (Å²) >= 11 is 0. The minimum atomic E-state index is -1.30. The van der Waals surface area contributed by atoms with Crippen molar-refractivity contribution >= 4 is 17.7 Å². The van der Waals surface area contributed by atoms with Crippen LogP contribution in [0.2, 0.25) is 0 Å². The van der Waals surface area contributed by atoms with Gasteiger partial charge in [-0.25, -0.2) is 4.79 Å². The van der Waals surface area contributed by atoms with E-state index in [0.717, 1.165) is 0 Å². The van der Waals surface area contributed by atoms with Crippen LogP contribution >= 0.6 is 0 Å². The predicted octanol–water partition coefficient (Wildman–Crippen LogP) is 2.78. The topological polar surface area (TPSA) is 104 Å². The number of allylic oxidation sites excluding steroid dienone is 3. The van der Waals surface area contributed by atoms with E-state index in [1.165, 1.54) is 12.2 Å². The normalized spacial score (nSPS) is 24.1. The quantitative estimate of drug-likeness (QED) is 0.467. The van der Waals surface area contributed by atoms with Crippen LogP contribution < -0.4 is 5.32 Å². The number of ketones is 1. The van der Waals surface area contributed by atoms with Crippen LogP contribution in [0.1, 0.15) is 54.4 Å². The van der Waals surface area contributed by atoms with Gasteiger partial charge < -0.3 is 15.5 Å². The molecule has 6 nitrogen and oxygen atoms in total. The van der Waals surface area contributed by atoms with Gasteiger partial charge in [0.15, 0.2) is 5.78 Å². The summed E-state index contributed by atoms with van der Waals surface area (Å²) in [6, 6.07) is -0.941. The minimum absolute atomic E-state index is 0.0212. The van der Waals surface area contributed by atoms with Crippen LogP contribution in [-0.2, 0) is 14.4 Å². The molecule has 0 aromatic heterocycles. The van der Waals surface area contributed by atoms with Gasteiger partial charge in [0.1, 0.15) is 11.6 Å². The maximum atomic E-state index is 12.1. The van der Waals surface area contributed by atoms with Crippen LogP contribution in [0.25, 0.3) is 0 Å². The number of carboxylic acid groups (broad SMARTS) is 1. The largest absolute Gasteiger partial charge is 0.480 e. The molecule has 0 radical (unpaired) electrons. The molecular formula is C21H31NO5. The summed E-state index contributed by atoms with van der Waals surface area (Å²) in [7, 11) is 0. The van der Waals surface area contributed by atoms with Crippen molar-refractivity contribution in [3.8, 4) is 0 Å². The van der Waals surface area contributed by atoms with Crippen molar-refractivity contribution in [2.24, 2.45) is 11.3 Å². The highest BCUT2D eigenvalue weighted by Gasteiger charge is 2.46. The third kappa shape index (κ3) is 5.89. The fourth-order valence-corrected chi connectivity index (χ4v) is 3.28. The molecule has 0 saturated carbocycles. The van der Waals surface area contributed by atoms with E-state index in [0.29, 0.717) is 17.6 Å². The summed E-state index contributed by atoms with van der Waals surface area (Å²) in [5, 5.41) is 22.8. The first-order chi connectivity index (χ1) is 12.3. The lowest BCUT2D eigenvalue weighted by Crippen LogP contribution is -2.48. The van der Waals surface area contributed by atoms with E-state index in [9.17, 15) is 24.6 Å². The van der Waals surface area contributed by atoms with Crippen molar-refractivity contribution in [3.63, 3.8) is 0 Å². The zero-order valence-corrected chi connectivity index (χ0v) is 17.0. The lowest BCUT2D eigenvalue weighted by atomic mass is 9.64. The molecular weight excluding hydrogens is 346 g/mol. The third-order valence-corrected chi connectivity index (χ3v) is 4.89. The summed E-state index contributed by atoms with van der Waals surface area (Å²) in [4.78, 5) is 35.1. The van der Waals surface area contributed by atoms with Crippen molar-refractivity contribution in [3.05, 3.63) is 35.5 Å². The van der Waals surface area contributed by atoms with Gasteiger partial charge in [-0.1, -0.05) is 33.8 Å². The number of hydrogen-bond acceptors (Lipinski definition) is 4. The molecule has 0 saturated heterocycles. The number of carbonyl (C=O) groups is 3. The Morgan fingerprint density at radius 1 is 1.33 bits per heavy atom. The zero-order valence-electron chi connectivity index (χ0n) is 17.0. The molecule has 0 fully saturated rings. The van der Waals surface area contributed by atoms with Gasteiger partial charge in [-0.2, -0.15) is 0 Å². The second-order valence-electron chi connectivity index (χ2n) is 8.37. The highest BCUT2D eigenvalue weighted by Crippen LogP contribution is 2.44. The minimum Gasteiger partial charge on any atom is -0.480 e. The molecule has 0 unspecified atom stereocenters. The van der Waals surface area contributed by atoms with Gasteiger partial charge in [0.2, 0.25) is 5.91 Å². The first-order valence-corrected chi connectivity index (χ1v) is 9.13. The van der Waals surface area contributed by atoms with Gasteiger partial charge in [0.05, 0.1) is 0 Å². The number of hydrogen-bond donors (Lipinski definition) is 3. The van der Waals surface area contributed by atoms with Crippen molar-refractivity contribution in [2.75, 3.05) is 0 Å². The van der Waals surface area contributed by atoms with Gasteiger partial charge in [-0.15, -0.1) is 0 Å². The Labute approximate surface area is 161 Å². The Balaban J connectivity index is 2.94. The summed E-state index contributed by atoms with van der Waals surface area (Å²) in [6.45, 7) is 10.8. The average molecular weight is 377 g/mol. The highest BCUT2D eigenvalue weighted by molar-refractivity contribution is 5.93. The predicted molar refractivity (Wildman–Crippen MR) is 104 cm³/mol. The highest BCUT2D eigenvalue weighted by atomic mass is 16.4. The smallest absolute Gasteiger partial charge is 0.326 e. The molecule has 27 heavy (non-hydrogen) atoms. The monoisotopic (exact) mass is 377 g/mol. The van der Waals surface area contributed by atoms with Crippen LogP contribution in [0.3, 0.4) is 0 Å². The summed E-state index contributed by atoms with van der Waals surface area (Å²) < 4.78 is 0. The standard InChI is InChI=1S/C21H31NO5/c1-13(2)9-17(19(25)26)22-18(24)10-14(3)7-8-21(27)15(4)11-16(23)12-20(21,5)6/h7-8,10-11,13,17,27H,9,12H2,1-6H3,(H,22,24)(H,25,26)/b8-7+,14-10-/t17-,21-/m0/s1. The van der Waals surface area contributed by atoms with Gasteiger partial charge in [-0.05, 0) is 49.5 Å². The van der Waals surface area contributed by atoms with E-state index in [-0.39, 0.29) is 18.1 Å². The molecule has 1 aliphatic carbocycles. The van der Waals surface area contributed by atoms with E-state index < -0.39 is 28.9 Å². The molecule has 150 valence electrons. The number of carboxylic acids is 1.